The minimum Gasteiger partial charge on any atom is -0.481 e. The van der Waals surface area contributed by atoms with E-state index in [1.807, 2.05) is 0 Å². The first kappa shape index (κ1) is 18.2. The molecule has 0 saturated carbocycles. The number of rotatable bonds is 0. The Morgan fingerprint density at radius 1 is 1.46 bits per heavy atom. The molecule has 1 N–H and O–H groups in total. The minimum atomic E-state index is -2.48. The molecule has 0 amide bonds. The molecule has 0 aliphatic rings. The van der Waals surface area contributed by atoms with Gasteiger partial charge in [-0.15, -0.1) is 0 Å². The third-order valence-corrected chi connectivity index (χ3v) is 0.286. The van der Waals surface area contributed by atoms with Crippen LogP contribution in [0.1, 0.15) is 6.92 Å². The molecule has 0 aliphatic carbocycles. The van der Waals surface area contributed by atoms with Gasteiger partial charge in [0, 0.05) is 6.92 Å². The van der Waals surface area contributed by atoms with Gasteiger partial charge in [-0.2, -0.15) is 13.2 Å². The highest BCUT2D eigenvalue weighted by Gasteiger charge is 1.95. The molecular weight excluding hydrogens is 232 g/mol. The molecule has 13 heavy (non-hydrogen) atoms. The summed E-state index contributed by atoms with van der Waals surface area (Å²) in [7, 11) is 0. The van der Waals surface area contributed by atoms with Crippen LogP contribution < -0.4 is 0 Å². The zero-order valence-electron chi connectivity index (χ0n) is 6.53. The van der Waals surface area contributed by atoms with E-state index in [4.69, 9.17) is 21.5 Å². The van der Waals surface area contributed by atoms with Gasteiger partial charge in [-0.05, 0) is 17.1 Å². The van der Waals surface area contributed by atoms with E-state index in [0.29, 0.717) is 0 Å². The molecule has 0 aromatic rings. The monoisotopic (exact) mass is 238 g/mol. The second-order valence-corrected chi connectivity index (χ2v) is 1.83. The van der Waals surface area contributed by atoms with E-state index in [0.717, 1.165) is 6.92 Å². The predicted molar refractivity (Wildman–Crippen MR) is 45.6 cm³/mol. The van der Waals surface area contributed by atoms with E-state index in [1.165, 1.54) is 5.54 Å². The molecule has 0 bridgehead atoms. The Morgan fingerprint density at radius 2 is 1.54 bits per heavy atom. The molecule has 0 radical (unpaired) electrons. The molecule has 0 spiro atoms. The van der Waals surface area contributed by atoms with Crippen LogP contribution in [-0.4, -0.2) is 11.1 Å². The van der Waals surface area contributed by atoms with Crippen molar-refractivity contribution >= 4 is 29.2 Å². The third-order valence-electron chi connectivity index (χ3n) is 0.143. The van der Waals surface area contributed by atoms with Gasteiger partial charge in [-0.1, -0.05) is 18.2 Å². The lowest BCUT2D eigenvalue weighted by Gasteiger charge is -1.70. The molecule has 0 unspecified atom stereocenters. The van der Waals surface area contributed by atoms with E-state index in [1.54, 1.807) is 0 Å². The fourth-order valence-electron chi connectivity index (χ4n) is 0. The van der Waals surface area contributed by atoms with Crippen molar-refractivity contribution in [2.75, 3.05) is 0 Å². The van der Waals surface area contributed by atoms with Crippen LogP contribution >= 0.6 is 23.2 Å². The summed E-state index contributed by atoms with van der Waals surface area (Å²) in [6.45, 7) is 4.21. The van der Waals surface area contributed by atoms with Crippen LogP contribution in [0, 0.1) is 0 Å². The lowest BCUT2D eigenvalue weighted by molar-refractivity contribution is -0.134. The maximum absolute atomic E-state index is 10.7. The quantitative estimate of drug-likeness (QED) is 0.699. The SMILES string of the molecule is C=CCl.CC(=O)O.FC(F)=C(F)Cl. The van der Waals surface area contributed by atoms with Gasteiger partial charge in [0.15, 0.2) is 0 Å². The van der Waals surface area contributed by atoms with E-state index >= 15 is 0 Å². The van der Waals surface area contributed by atoms with Gasteiger partial charge in [-0.25, -0.2) is 0 Å². The number of halogens is 5. The normalized spacial score (nSPS) is 6.62. The van der Waals surface area contributed by atoms with Gasteiger partial charge < -0.3 is 5.11 Å². The standard InChI is InChI=1S/C2ClF3.C2H3Cl.C2H4O2/c3-1(4)2(5)6;1-2-3;1-2(3)4/h;2H,1H2;1H3,(H,3,4). The van der Waals surface area contributed by atoms with Crippen LogP contribution in [0.4, 0.5) is 13.2 Å². The summed E-state index contributed by atoms with van der Waals surface area (Å²) < 4.78 is 31.8. The van der Waals surface area contributed by atoms with Crippen molar-refractivity contribution in [3.8, 4) is 0 Å². The molecule has 0 atom stereocenters. The largest absolute Gasteiger partial charge is 0.481 e. The van der Waals surface area contributed by atoms with Crippen LogP contribution in [-0.2, 0) is 4.79 Å². The highest BCUT2D eigenvalue weighted by atomic mass is 35.5. The van der Waals surface area contributed by atoms with Crippen molar-refractivity contribution < 1.29 is 23.1 Å². The number of aliphatic carboxylic acids is 1. The lowest BCUT2D eigenvalue weighted by atomic mass is 10.9. The number of carboxylic acids is 1. The van der Waals surface area contributed by atoms with Crippen molar-refractivity contribution in [1.29, 1.82) is 0 Å². The Balaban J connectivity index is -0.000000125. The first-order valence-electron chi connectivity index (χ1n) is 2.56. The molecule has 0 aromatic heterocycles. The first-order chi connectivity index (χ1) is 5.79. The Kier molecular flexibility index (Phi) is 19.4. The van der Waals surface area contributed by atoms with Crippen molar-refractivity contribution in [2.24, 2.45) is 0 Å². The first-order valence-corrected chi connectivity index (χ1v) is 3.37. The molecule has 0 aliphatic heterocycles. The average molecular weight is 239 g/mol. The Morgan fingerprint density at radius 3 is 1.54 bits per heavy atom. The molecule has 2 nitrogen and oxygen atoms in total. The van der Waals surface area contributed by atoms with Gasteiger partial charge >= 0.3 is 6.08 Å². The topological polar surface area (TPSA) is 37.3 Å². The molecule has 78 valence electrons. The predicted octanol–water partition coefficient (Wildman–Crippen LogP) is 3.72. The second kappa shape index (κ2) is 13.9. The van der Waals surface area contributed by atoms with Crippen molar-refractivity contribution in [3.05, 3.63) is 23.5 Å². The van der Waals surface area contributed by atoms with E-state index in [-0.39, 0.29) is 0 Å². The number of hydrogen-bond acceptors (Lipinski definition) is 1. The highest BCUT2D eigenvalue weighted by Crippen LogP contribution is 2.11. The molecule has 7 heteroatoms. The van der Waals surface area contributed by atoms with Crippen LogP contribution in [0.2, 0.25) is 0 Å². The van der Waals surface area contributed by atoms with E-state index in [9.17, 15) is 13.2 Å². The van der Waals surface area contributed by atoms with Gasteiger partial charge in [-0.3, -0.25) is 4.79 Å². The van der Waals surface area contributed by atoms with Crippen LogP contribution in [0.3, 0.4) is 0 Å². The Hall–Kier alpha value is -0.680. The van der Waals surface area contributed by atoms with E-state index < -0.39 is 17.3 Å². The summed E-state index contributed by atoms with van der Waals surface area (Å²) in [5.41, 5.74) is 1.22. The summed E-state index contributed by atoms with van der Waals surface area (Å²) in [5.74, 6) is -0.833. The minimum absolute atomic E-state index is 0.833. The Bertz CT molecular complexity index is 161. The van der Waals surface area contributed by atoms with Crippen LogP contribution in [0.25, 0.3) is 0 Å². The van der Waals surface area contributed by atoms with Crippen molar-refractivity contribution in [3.63, 3.8) is 0 Å². The molecule has 0 saturated heterocycles. The maximum Gasteiger partial charge on any atom is 0.317 e. The Labute approximate surface area is 83.3 Å². The van der Waals surface area contributed by atoms with Gasteiger partial charge in [0.1, 0.15) is 0 Å². The van der Waals surface area contributed by atoms with Gasteiger partial charge in [0.05, 0.1) is 0 Å². The highest BCUT2D eigenvalue weighted by molar-refractivity contribution is 6.28. The van der Waals surface area contributed by atoms with Gasteiger partial charge in [0.25, 0.3) is 11.3 Å². The molecule has 0 heterocycles. The fourth-order valence-corrected chi connectivity index (χ4v) is 0. The van der Waals surface area contributed by atoms with Crippen LogP contribution in [0.5, 0.6) is 0 Å². The number of hydrogen-bond donors (Lipinski definition) is 1. The zero-order chi connectivity index (χ0) is 11.4. The summed E-state index contributed by atoms with van der Waals surface area (Å²) >= 11 is 8.84. The zero-order valence-corrected chi connectivity index (χ0v) is 8.04. The summed E-state index contributed by atoms with van der Waals surface area (Å²) in [4.78, 5) is 9.00. The number of carboxylic acid groups (broad SMARTS) is 1. The fraction of sp³-hybridized carbons (Fsp3) is 0.167. The summed E-state index contributed by atoms with van der Waals surface area (Å²) in [5, 5.41) is 5.48. The summed E-state index contributed by atoms with van der Waals surface area (Å²) in [6, 6.07) is 0. The average Bonchev–Trinajstić information content (AvgIpc) is 1.87. The molecule has 0 rings (SSSR count). The van der Waals surface area contributed by atoms with Crippen molar-refractivity contribution in [2.45, 2.75) is 6.92 Å². The third kappa shape index (κ3) is 89.2. The lowest BCUT2D eigenvalue weighted by Crippen LogP contribution is -1.78. The maximum atomic E-state index is 10.7. The summed E-state index contributed by atoms with van der Waals surface area (Å²) in [6.07, 6.45) is -2.48. The van der Waals surface area contributed by atoms with Gasteiger partial charge in [0.2, 0.25) is 0 Å². The van der Waals surface area contributed by atoms with Crippen LogP contribution in [0.15, 0.2) is 23.5 Å². The molecular formula is C6H7Cl2F3O2. The molecule has 0 aromatic carbocycles. The van der Waals surface area contributed by atoms with Crippen molar-refractivity contribution in [1.82, 2.24) is 0 Å². The second-order valence-electron chi connectivity index (χ2n) is 1.19. The smallest absolute Gasteiger partial charge is 0.317 e. The number of carbonyl (C=O) groups is 1. The van der Waals surface area contributed by atoms with E-state index in [2.05, 4.69) is 18.2 Å². The molecule has 0 fully saturated rings.